The van der Waals surface area contributed by atoms with Gasteiger partial charge >= 0.3 is 0 Å². The molecule has 1 fully saturated rings. The normalized spacial score (nSPS) is 18.6. The number of hydrogen-bond donors (Lipinski definition) is 2. The molecule has 2 aromatic rings. The predicted octanol–water partition coefficient (Wildman–Crippen LogP) is 1.74. The SMILES string of the molecule is CC[NH+](CC)CCN1C(=O)C(=O)C(=C(O)c2ccc(C)cc2)[C@@H]1c1ccccn1. The Labute approximate surface area is 171 Å². The highest BCUT2D eigenvalue weighted by molar-refractivity contribution is 6.46. The van der Waals surface area contributed by atoms with Gasteiger partial charge in [-0.2, -0.15) is 0 Å². The maximum atomic E-state index is 12.9. The summed E-state index contributed by atoms with van der Waals surface area (Å²) in [6.45, 7) is 9.19. The van der Waals surface area contributed by atoms with Crippen LogP contribution in [-0.4, -0.2) is 52.9 Å². The molecule has 1 atom stereocenters. The van der Waals surface area contributed by atoms with Crippen LogP contribution < -0.4 is 4.90 Å². The molecule has 0 saturated carbocycles. The molecule has 152 valence electrons. The van der Waals surface area contributed by atoms with Gasteiger partial charge in [0.05, 0.1) is 37.4 Å². The van der Waals surface area contributed by atoms with Gasteiger partial charge < -0.3 is 14.9 Å². The van der Waals surface area contributed by atoms with Crippen LogP contribution in [0.2, 0.25) is 0 Å². The number of quaternary nitrogens is 1. The summed E-state index contributed by atoms with van der Waals surface area (Å²) in [5.41, 5.74) is 2.25. The first-order chi connectivity index (χ1) is 14.0. The summed E-state index contributed by atoms with van der Waals surface area (Å²) in [5, 5.41) is 11.0. The zero-order chi connectivity index (χ0) is 21.0. The van der Waals surface area contributed by atoms with Crippen LogP contribution in [0, 0.1) is 6.92 Å². The number of carbonyl (C=O) groups is 2. The number of nitrogens with zero attached hydrogens (tertiary/aromatic N) is 2. The fourth-order valence-electron chi connectivity index (χ4n) is 3.70. The molecule has 6 heteroatoms. The summed E-state index contributed by atoms with van der Waals surface area (Å²) in [4.78, 5) is 33.1. The number of rotatable bonds is 7. The minimum Gasteiger partial charge on any atom is -0.507 e. The van der Waals surface area contributed by atoms with E-state index in [9.17, 15) is 14.7 Å². The van der Waals surface area contributed by atoms with E-state index in [1.165, 1.54) is 4.90 Å². The smallest absolute Gasteiger partial charge is 0.295 e. The molecule has 3 rings (SSSR count). The third kappa shape index (κ3) is 4.22. The van der Waals surface area contributed by atoms with Crippen LogP contribution in [0.4, 0.5) is 0 Å². The van der Waals surface area contributed by atoms with Crippen molar-refractivity contribution < 1.29 is 19.6 Å². The van der Waals surface area contributed by atoms with Crippen LogP contribution in [0.3, 0.4) is 0 Å². The van der Waals surface area contributed by atoms with Crippen molar-refractivity contribution in [3.63, 3.8) is 0 Å². The molecule has 6 nitrogen and oxygen atoms in total. The monoisotopic (exact) mass is 394 g/mol. The lowest BCUT2D eigenvalue weighted by Crippen LogP contribution is -3.12. The van der Waals surface area contributed by atoms with Crippen LogP contribution in [0.15, 0.2) is 54.2 Å². The Bertz CT molecular complexity index is 903. The lowest BCUT2D eigenvalue weighted by atomic mass is 9.98. The highest BCUT2D eigenvalue weighted by Gasteiger charge is 2.46. The van der Waals surface area contributed by atoms with Gasteiger partial charge in [0.1, 0.15) is 11.8 Å². The number of aliphatic hydroxyl groups is 1. The van der Waals surface area contributed by atoms with Crippen LogP contribution >= 0.6 is 0 Å². The molecule has 0 spiro atoms. The van der Waals surface area contributed by atoms with Crippen molar-refractivity contribution in [1.29, 1.82) is 0 Å². The van der Waals surface area contributed by atoms with Crippen molar-refractivity contribution in [1.82, 2.24) is 9.88 Å². The lowest BCUT2D eigenvalue weighted by Gasteiger charge is -2.26. The molecule has 0 aliphatic carbocycles. The first kappa shape index (κ1) is 20.7. The quantitative estimate of drug-likeness (QED) is 0.426. The van der Waals surface area contributed by atoms with Crippen molar-refractivity contribution in [2.24, 2.45) is 0 Å². The largest absolute Gasteiger partial charge is 0.507 e. The molecule has 1 aliphatic rings. The van der Waals surface area contributed by atoms with E-state index in [-0.39, 0.29) is 11.3 Å². The van der Waals surface area contributed by atoms with Crippen LogP contribution in [0.1, 0.15) is 36.7 Å². The molecule has 1 aromatic carbocycles. The number of aliphatic hydroxyl groups excluding tert-OH is 1. The Morgan fingerprint density at radius 3 is 2.38 bits per heavy atom. The fourth-order valence-corrected chi connectivity index (χ4v) is 3.70. The lowest BCUT2D eigenvalue weighted by molar-refractivity contribution is -0.895. The van der Waals surface area contributed by atoms with Crippen molar-refractivity contribution in [3.05, 3.63) is 71.1 Å². The summed E-state index contributed by atoms with van der Waals surface area (Å²) >= 11 is 0. The predicted molar refractivity (Wildman–Crippen MR) is 111 cm³/mol. The van der Waals surface area contributed by atoms with E-state index in [0.717, 1.165) is 25.2 Å². The maximum Gasteiger partial charge on any atom is 0.295 e. The zero-order valence-corrected chi connectivity index (χ0v) is 17.2. The van der Waals surface area contributed by atoms with E-state index < -0.39 is 17.7 Å². The fraction of sp³-hybridized carbons (Fsp3) is 0.348. The Kier molecular flexibility index (Phi) is 6.44. The Hall–Kier alpha value is -2.99. The van der Waals surface area contributed by atoms with Gasteiger partial charge in [-0.1, -0.05) is 35.9 Å². The molecule has 1 amide bonds. The number of aryl methyl sites for hydroxylation is 1. The third-order valence-corrected chi connectivity index (χ3v) is 5.54. The minimum absolute atomic E-state index is 0.104. The van der Waals surface area contributed by atoms with Gasteiger partial charge in [0.15, 0.2) is 0 Å². The summed E-state index contributed by atoms with van der Waals surface area (Å²) in [6.07, 6.45) is 1.64. The average Bonchev–Trinajstić information content (AvgIpc) is 3.00. The molecule has 2 N–H and O–H groups in total. The summed E-state index contributed by atoms with van der Waals surface area (Å²) in [6, 6.07) is 12.0. The highest BCUT2D eigenvalue weighted by atomic mass is 16.3. The Morgan fingerprint density at radius 2 is 1.79 bits per heavy atom. The minimum atomic E-state index is -0.688. The van der Waals surface area contributed by atoms with E-state index in [1.54, 1.807) is 35.4 Å². The second kappa shape index (κ2) is 9.01. The topological polar surface area (TPSA) is 74.9 Å². The van der Waals surface area contributed by atoms with Gasteiger partial charge in [-0.25, -0.2) is 0 Å². The number of hydrogen-bond acceptors (Lipinski definition) is 4. The van der Waals surface area contributed by atoms with E-state index in [2.05, 4.69) is 18.8 Å². The van der Waals surface area contributed by atoms with Crippen LogP contribution in [0.5, 0.6) is 0 Å². The van der Waals surface area contributed by atoms with E-state index in [4.69, 9.17) is 0 Å². The molecular formula is C23H28N3O3+. The third-order valence-electron chi connectivity index (χ3n) is 5.54. The Morgan fingerprint density at radius 1 is 1.10 bits per heavy atom. The Balaban J connectivity index is 2.06. The van der Waals surface area contributed by atoms with Crippen LogP contribution in [0.25, 0.3) is 5.76 Å². The van der Waals surface area contributed by atoms with Gasteiger partial charge in [0.25, 0.3) is 11.7 Å². The molecular weight excluding hydrogens is 366 g/mol. The van der Waals surface area contributed by atoms with Gasteiger partial charge in [0.2, 0.25) is 0 Å². The number of ketones is 1. The molecule has 2 heterocycles. The van der Waals surface area contributed by atoms with Gasteiger partial charge in [0, 0.05) is 11.8 Å². The van der Waals surface area contributed by atoms with Gasteiger partial charge in [-0.3, -0.25) is 14.6 Å². The molecule has 1 saturated heterocycles. The highest BCUT2D eigenvalue weighted by Crippen LogP contribution is 2.38. The van der Waals surface area contributed by atoms with Crippen molar-refractivity contribution in [3.8, 4) is 0 Å². The van der Waals surface area contributed by atoms with Gasteiger partial charge in [-0.05, 0) is 32.9 Å². The van der Waals surface area contributed by atoms with E-state index in [1.807, 2.05) is 25.1 Å². The standard InChI is InChI=1S/C23H27N3O3/c1-4-25(5-2)14-15-26-20(18-8-6-7-13-24-18)19(22(28)23(26)29)21(27)17-11-9-16(3)10-12-17/h6-13,20,27H,4-5,14-15H2,1-3H3/p+1/t20-/m0/s1. The van der Waals surface area contributed by atoms with Crippen molar-refractivity contribution in [2.75, 3.05) is 26.2 Å². The van der Waals surface area contributed by atoms with E-state index in [0.29, 0.717) is 17.8 Å². The summed E-state index contributed by atoms with van der Waals surface area (Å²) in [7, 11) is 0. The number of nitrogens with one attached hydrogen (secondary N) is 1. The summed E-state index contributed by atoms with van der Waals surface area (Å²) < 4.78 is 0. The molecule has 0 bridgehead atoms. The second-order valence-electron chi connectivity index (χ2n) is 7.32. The first-order valence-corrected chi connectivity index (χ1v) is 10.1. The summed E-state index contributed by atoms with van der Waals surface area (Å²) in [5.74, 6) is -1.40. The number of benzene rings is 1. The number of aromatic nitrogens is 1. The van der Waals surface area contributed by atoms with Crippen molar-refractivity contribution >= 4 is 17.4 Å². The number of amides is 1. The first-order valence-electron chi connectivity index (χ1n) is 10.1. The maximum absolute atomic E-state index is 12.9. The number of pyridine rings is 1. The number of carbonyl (C=O) groups excluding carboxylic acids is 2. The number of likely N-dealkylation sites (tertiary alicyclic amines) is 1. The van der Waals surface area contributed by atoms with Gasteiger partial charge in [-0.15, -0.1) is 0 Å². The zero-order valence-electron chi connectivity index (χ0n) is 17.2. The molecule has 1 aliphatic heterocycles. The number of Topliss-reactive ketones (excluding diaryl/α,β-unsaturated/α-hetero) is 1. The average molecular weight is 394 g/mol. The number of likely N-dealkylation sites (N-methyl/N-ethyl adjacent to an activating group) is 1. The molecule has 0 unspecified atom stereocenters. The van der Waals surface area contributed by atoms with Crippen molar-refractivity contribution in [2.45, 2.75) is 26.8 Å². The second-order valence-corrected chi connectivity index (χ2v) is 7.32. The molecule has 0 radical (unpaired) electrons. The van der Waals surface area contributed by atoms with Crippen LogP contribution in [-0.2, 0) is 9.59 Å². The molecule has 1 aromatic heterocycles. The van der Waals surface area contributed by atoms with E-state index >= 15 is 0 Å². The molecule has 29 heavy (non-hydrogen) atoms.